The van der Waals surface area contributed by atoms with Gasteiger partial charge in [-0.3, -0.25) is 9.63 Å². The van der Waals surface area contributed by atoms with E-state index in [-0.39, 0.29) is 5.91 Å². The third-order valence-electron chi connectivity index (χ3n) is 2.42. The second-order valence-corrected chi connectivity index (χ2v) is 4.26. The Bertz CT molecular complexity index is 330. The van der Waals surface area contributed by atoms with Crippen molar-refractivity contribution in [2.75, 3.05) is 7.11 Å². The van der Waals surface area contributed by atoms with Crippen LogP contribution in [-0.2, 0) is 11.3 Å². The van der Waals surface area contributed by atoms with Crippen molar-refractivity contribution in [2.24, 2.45) is 5.92 Å². The first-order valence-corrected chi connectivity index (χ1v) is 5.55. The summed E-state index contributed by atoms with van der Waals surface area (Å²) in [6.45, 7) is 4.42. The first-order chi connectivity index (χ1) is 7.63. The predicted octanol–water partition coefficient (Wildman–Crippen LogP) is 2.57. The first-order valence-electron chi connectivity index (χ1n) is 5.55. The molecule has 0 radical (unpaired) electrons. The van der Waals surface area contributed by atoms with Crippen LogP contribution >= 0.6 is 0 Å². The summed E-state index contributed by atoms with van der Waals surface area (Å²) in [6.07, 6.45) is 2.23. The Hall–Kier alpha value is -1.35. The van der Waals surface area contributed by atoms with E-state index in [1.54, 1.807) is 0 Å². The number of nitrogens with one attached hydrogen (secondary N) is 1. The number of aryl methyl sites for hydroxylation is 1. The minimum atomic E-state index is -0.210. The van der Waals surface area contributed by atoms with Crippen LogP contribution in [0.3, 0.4) is 0 Å². The van der Waals surface area contributed by atoms with E-state index in [9.17, 15) is 4.79 Å². The molecule has 0 bridgehead atoms. The fraction of sp³-hybridized carbons (Fsp3) is 0.462. The molecule has 0 aliphatic rings. The zero-order valence-corrected chi connectivity index (χ0v) is 10.1. The van der Waals surface area contributed by atoms with Crippen LogP contribution in [-0.4, -0.2) is 13.0 Å². The topological polar surface area (TPSA) is 38.3 Å². The van der Waals surface area contributed by atoms with Crippen LogP contribution in [0.2, 0.25) is 0 Å². The van der Waals surface area contributed by atoms with E-state index in [0.29, 0.717) is 11.5 Å². The Morgan fingerprint density at radius 3 is 2.44 bits per heavy atom. The minimum absolute atomic E-state index is 0.210. The Kier molecular flexibility index (Phi) is 4.99. The number of benzene rings is 1. The van der Waals surface area contributed by atoms with Gasteiger partial charge in [0.15, 0.2) is 0 Å². The molecule has 0 saturated heterocycles. The lowest BCUT2D eigenvalue weighted by Gasteiger charge is -2.06. The second-order valence-electron chi connectivity index (χ2n) is 4.26. The molecule has 3 heteroatoms. The van der Waals surface area contributed by atoms with Crippen molar-refractivity contribution in [2.45, 2.75) is 26.7 Å². The standard InChI is InChI=1S/C13H19NO2/c1-10(2)4-5-11-6-8-12(9-7-11)13(15)14-16-3/h6-10H,4-5H2,1-3H3,(H,14,15). The second kappa shape index (κ2) is 6.28. The maximum absolute atomic E-state index is 11.4. The van der Waals surface area contributed by atoms with E-state index < -0.39 is 0 Å². The molecular weight excluding hydrogens is 202 g/mol. The predicted molar refractivity (Wildman–Crippen MR) is 64.1 cm³/mol. The minimum Gasteiger partial charge on any atom is -0.277 e. The molecule has 1 amide bonds. The van der Waals surface area contributed by atoms with Crippen LogP contribution in [0.4, 0.5) is 0 Å². The Balaban J connectivity index is 2.57. The van der Waals surface area contributed by atoms with E-state index in [1.165, 1.54) is 19.1 Å². The van der Waals surface area contributed by atoms with E-state index in [0.717, 1.165) is 6.42 Å². The van der Waals surface area contributed by atoms with Crippen molar-refractivity contribution in [1.29, 1.82) is 0 Å². The molecular formula is C13H19NO2. The SMILES string of the molecule is CONC(=O)c1ccc(CCC(C)C)cc1. The average Bonchev–Trinajstić information content (AvgIpc) is 2.27. The lowest BCUT2D eigenvalue weighted by molar-refractivity contribution is 0.0537. The van der Waals surface area contributed by atoms with E-state index in [4.69, 9.17) is 0 Å². The van der Waals surface area contributed by atoms with Crippen molar-refractivity contribution < 1.29 is 9.63 Å². The van der Waals surface area contributed by atoms with Crippen LogP contribution in [0, 0.1) is 5.92 Å². The maximum Gasteiger partial charge on any atom is 0.274 e. The number of carbonyl (C=O) groups is 1. The zero-order chi connectivity index (χ0) is 12.0. The summed E-state index contributed by atoms with van der Waals surface area (Å²) in [5, 5.41) is 0. The Morgan fingerprint density at radius 1 is 1.31 bits per heavy atom. The first kappa shape index (κ1) is 12.7. The van der Waals surface area contributed by atoms with Gasteiger partial charge < -0.3 is 0 Å². The molecule has 3 nitrogen and oxygen atoms in total. The quantitative estimate of drug-likeness (QED) is 0.776. The molecule has 0 heterocycles. The van der Waals surface area contributed by atoms with Crippen LogP contribution in [0.15, 0.2) is 24.3 Å². The number of carbonyl (C=O) groups excluding carboxylic acids is 1. The number of amides is 1. The van der Waals surface area contributed by atoms with Crippen molar-refractivity contribution in [3.05, 3.63) is 35.4 Å². The molecule has 1 N–H and O–H groups in total. The molecule has 0 aliphatic heterocycles. The summed E-state index contributed by atoms with van der Waals surface area (Å²) in [5.74, 6) is 0.495. The highest BCUT2D eigenvalue weighted by Crippen LogP contribution is 2.10. The van der Waals surface area contributed by atoms with Gasteiger partial charge in [-0.05, 0) is 36.5 Å². The molecule has 0 unspecified atom stereocenters. The van der Waals surface area contributed by atoms with Gasteiger partial charge in [0, 0.05) is 5.56 Å². The fourth-order valence-electron chi connectivity index (χ4n) is 1.43. The monoisotopic (exact) mass is 221 g/mol. The summed E-state index contributed by atoms with van der Waals surface area (Å²) in [6, 6.07) is 7.63. The molecule has 16 heavy (non-hydrogen) atoms. The lowest BCUT2D eigenvalue weighted by Crippen LogP contribution is -2.21. The molecule has 1 aromatic rings. The normalized spacial score (nSPS) is 10.5. The summed E-state index contributed by atoms with van der Waals surface area (Å²) >= 11 is 0. The van der Waals surface area contributed by atoms with E-state index >= 15 is 0 Å². The molecule has 0 saturated carbocycles. The fourth-order valence-corrected chi connectivity index (χ4v) is 1.43. The van der Waals surface area contributed by atoms with Gasteiger partial charge in [-0.1, -0.05) is 26.0 Å². The Labute approximate surface area is 96.8 Å². The summed E-state index contributed by atoms with van der Waals surface area (Å²) in [4.78, 5) is 16.0. The molecule has 88 valence electrons. The highest BCUT2D eigenvalue weighted by Gasteiger charge is 2.04. The van der Waals surface area contributed by atoms with Gasteiger partial charge in [0.05, 0.1) is 7.11 Å². The largest absolute Gasteiger partial charge is 0.277 e. The third kappa shape index (κ3) is 4.03. The van der Waals surface area contributed by atoms with Gasteiger partial charge in [0.25, 0.3) is 5.91 Å². The molecule has 0 fully saturated rings. The van der Waals surface area contributed by atoms with Gasteiger partial charge in [-0.15, -0.1) is 0 Å². The van der Waals surface area contributed by atoms with Gasteiger partial charge >= 0.3 is 0 Å². The molecule has 0 atom stereocenters. The lowest BCUT2D eigenvalue weighted by atomic mass is 10.0. The molecule has 1 rings (SSSR count). The average molecular weight is 221 g/mol. The smallest absolute Gasteiger partial charge is 0.274 e. The molecule has 0 spiro atoms. The van der Waals surface area contributed by atoms with Crippen molar-refractivity contribution in [3.63, 3.8) is 0 Å². The maximum atomic E-state index is 11.4. The van der Waals surface area contributed by atoms with Gasteiger partial charge in [0.2, 0.25) is 0 Å². The van der Waals surface area contributed by atoms with Crippen LogP contribution < -0.4 is 5.48 Å². The van der Waals surface area contributed by atoms with Gasteiger partial charge in [0.1, 0.15) is 0 Å². The van der Waals surface area contributed by atoms with Crippen molar-refractivity contribution in [3.8, 4) is 0 Å². The molecule has 0 aliphatic carbocycles. The number of hydrogen-bond acceptors (Lipinski definition) is 2. The third-order valence-corrected chi connectivity index (χ3v) is 2.42. The van der Waals surface area contributed by atoms with E-state index in [2.05, 4.69) is 24.2 Å². The molecule has 1 aromatic carbocycles. The Morgan fingerprint density at radius 2 is 1.94 bits per heavy atom. The number of hydrogen-bond donors (Lipinski definition) is 1. The number of hydroxylamine groups is 1. The van der Waals surface area contributed by atoms with Gasteiger partial charge in [-0.2, -0.15) is 0 Å². The van der Waals surface area contributed by atoms with Gasteiger partial charge in [-0.25, -0.2) is 5.48 Å². The molecule has 0 aromatic heterocycles. The summed E-state index contributed by atoms with van der Waals surface area (Å²) in [7, 11) is 1.43. The zero-order valence-electron chi connectivity index (χ0n) is 10.1. The highest BCUT2D eigenvalue weighted by molar-refractivity contribution is 5.93. The van der Waals surface area contributed by atoms with Crippen LogP contribution in [0.25, 0.3) is 0 Å². The van der Waals surface area contributed by atoms with Crippen LogP contribution in [0.1, 0.15) is 36.2 Å². The van der Waals surface area contributed by atoms with E-state index in [1.807, 2.05) is 24.3 Å². The van der Waals surface area contributed by atoms with Crippen molar-refractivity contribution >= 4 is 5.91 Å². The van der Waals surface area contributed by atoms with Crippen LogP contribution in [0.5, 0.6) is 0 Å². The summed E-state index contributed by atoms with van der Waals surface area (Å²) in [5.41, 5.74) is 4.18. The summed E-state index contributed by atoms with van der Waals surface area (Å²) < 4.78 is 0. The van der Waals surface area contributed by atoms with Crippen molar-refractivity contribution in [1.82, 2.24) is 5.48 Å². The number of rotatable bonds is 5. The highest BCUT2D eigenvalue weighted by atomic mass is 16.6.